The summed E-state index contributed by atoms with van der Waals surface area (Å²) in [7, 11) is 0. The molecule has 0 amide bonds. The van der Waals surface area contributed by atoms with Crippen LogP contribution in [0, 0.1) is 0 Å². The van der Waals surface area contributed by atoms with Gasteiger partial charge in [-0.25, -0.2) is 9.97 Å². The van der Waals surface area contributed by atoms with Crippen LogP contribution in [0.25, 0.3) is 22.3 Å². The fourth-order valence-electron chi connectivity index (χ4n) is 3.24. The Morgan fingerprint density at radius 3 is 2.38 bits per heavy atom. The normalized spacial score (nSPS) is 11.6. The van der Waals surface area contributed by atoms with Crippen LogP contribution in [0.2, 0.25) is 0 Å². The Morgan fingerprint density at radius 1 is 0.966 bits per heavy atom. The summed E-state index contributed by atoms with van der Waals surface area (Å²) in [6.45, 7) is 7.36. The number of hydrogen-bond acceptors (Lipinski definition) is 4. The predicted molar refractivity (Wildman–Crippen MR) is 118 cm³/mol. The number of carboxylic acid groups (broad SMARTS) is 1. The van der Waals surface area contributed by atoms with Gasteiger partial charge in [0.25, 0.3) is 0 Å². The number of hydrogen-bond donors (Lipinski definition) is 2. The van der Waals surface area contributed by atoms with E-state index >= 15 is 0 Å². The summed E-state index contributed by atoms with van der Waals surface area (Å²) in [5.41, 5.74) is 3.29. The predicted octanol–water partition coefficient (Wildman–Crippen LogP) is 5.65. The molecule has 2 N–H and O–H groups in total. The van der Waals surface area contributed by atoms with Crippen LogP contribution in [-0.2, 0) is 10.2 Å². The fraction of sp³-hybridized carbons (Fsp3) is 0.375. The van der Waals surface area contributed by atoms with Gasteiger partial charge in [-0.3, -0.25) is 4.79 Å². The zero-order valence-electron chi connectivity index (χ0n) is 17.4. The van der Waals surface area contributed by atoms with Crippen LogP contribution < -0.4 is 5.32 Å². The first-order chi connectivity index (χ1) is 13.8. The van der Waals surface area contributed by atoms with E-state index in [0.717, 1.165) is 41.7 Å². The minimum absolute atomic E-state index is 0.107. The van der Waals surface area contributed by atoms with Crippen molar-refractivity contribution < 1.29 is 9.90 Å². The molecule has 0 spiro atoms. The first-order valence-corrected chi connectivity index (χ1v) is 10.2. The second kappa shape index (κ2) is 9.03. The number of carbonyl (C=O) groups is 1. The van der Waals surface area contributed by atoms with E-state index in [1.807, 2.05) is 24.3 Å². The Kier molecular flexibility index (Phi) is 6.47. The molecule has 0 saturated carbocycles. The molecular weight excluding hydrogens is 362 g/mol. The number of aromatic nitrogens is 2. The van der Waals surface area contributed by atoms with Crippen LogP contribution in [0.5, 0.6) is 0 Å². The second-order valence-electron chi connectivity index (χ2n) is 8.37. The van der Waals surface area contributed by atoms with Gasteiger partial charge in [-0.15, -0.1) is 0 Å². The second-order valence-corrected chi connectivity index (χ2v) is 8.37. The molecule has 0 fully saturated rings. The molecule has 3 aromatic rings. The van der Waals surface area contributed by atoms with Gasteiger partial charge in [0.05, 0.1) is 5.52 Å². The fourth-order valence-corrected chi connectivity index (χ4v) is 3.24. The molecule has 1 aromatic heterocycles. The summed E-state index contributed by atoms with van der Waals surface area (Å²) < 4.78 is 0. The molecule has 0 aliphatic carbocycles. The number of rotatable bonds is 8. The van der Waals surface area contributed by atoms with E-state index in [1.54, 1.807) is 0 Å². The van der Waals surface area contributed by atoms with E-state index in [1.165, 1.54) is 5.56 Å². The van der Waals surface area contributed by atoms with Crippen LogP contribution >= 0.6 is 0 Å². The summed E-state index contributed by atoms with van der Waals surface area (Å²) >= 11 is 0. The van der Waals surface area contributed by atoms with Crippen molar-refractivity contribution in [3.8, 4) is 11.4 Å². The molecule has 1 heterocycles. The highest BCUT2D eigenvalue weighted by molar-refractivity contribution is 5.90. The number of carboxylic acids is 1. The molecule has 0 aliphatic rings. The summed E-state index contributed by atoms with van der Waals surface area (Å²) in [5.74, 6) is 0.795. The maximum atomic E-state index is 10.6. The smallest absolute Gasteiger partial charge is 0.303 e. The third-order valence-electron chi connectivity index (χ3n) is 4.97. The summed E-state index contributed by atoms with van der Waals surface area (Å²) in [4.78, 5) is 20.2. The van der Waals surface area contributed by atoms with Crippen LogP contribution in [-0.4, -0.2) is 27.6 Å². The molecule has 0 radical (unpaired) electrons. The van der Waals surface area contributed by atoms with E-state index in [2.05, 4.69) is 50.4 Å². The number of anilines is 1. The highest BCUT2D eigenvalue weighted by Crippen LogP contribution is 2.28. The highest BCUT2D eigenvalue weighted by Gasteiger charge is 2.14. The first kappa shape index (κ1) is 20.8. The largest absolute Gasteiger partial charge is 0.481 e. The summed E-state index contributed by atoms with van der Waals surface area (Å²) in [5, 5.41) is 13.2. The number of fused-ring (bicyclic) bond motifs is 1. The van der Waals surface area contributed by atoms with Crippen molar-refractivity contribution in [3.63, 3.8) is 0 Å². The zero-order valence-corrected chi connectivity index (χ0v) is 17.4. The Labute approximate surface area is 172 Å². The Hall–Kier alpha value is -2.95. The van der Waals surface area contributed by atoms with Gasteiger partial charge in [0.2, 0.25) is 0 Å². The molecule has 2 aromatic carbocycles. The average Bonchev–Trinajstić information content (AvgIpc) is 2.69. The lowest BCUT2D eigenvalue weighted by molar-refractivity contribution is -0.137. The molecule has 5 nitrogen and oxygen atoms in total. The lowest BCUT2D eigenvalue weighted by atomic mass is 9.87. The standard InChI is InChI=1S/C24H29N3O2/c1-24(2,3)18-14-12-17(13-15-18)22-26-20-10-7-6-9-19(20)23(27-22)25-16-8-4-5-11-21(28)29/h6-7,9-10,12-15H,4-5,8,11,16H2,1-3H3,(H,28,29)(H,25,26,27). The van der Waals surface area contributed by atoms with Gasteiger partial charge in [0, 0.05) is 23.9 Å². The van der Waals surface area contributed by atoms with Gasteiger partial charge < -0.3 is 10.4 Å². The number of nitrogens with one attached hydrogen (secondary N) is 1. The van der Waals surface area contributed by atoms with Gasteiger partial charge in [-0.05, 0) is 36.0 Å². The quantitative estimate of drug-likeness (QED) is 0.485. The van der Waals surface area contributed by atoms with Crippen molar-refractivity contribution in [1.82, 2.24) is 9.97 Å². The molecule has 0 unspecified atom stereocenters. The van der Waals surface area contributed by atoms with Gasteiger partial charge in [0.1, 0.15) is 5.82 Å². The van der Waals surface area contributed by atoms with Crippen molar-refractivity contribution in [2.75, 3.05) is 11.9 Å². The van der Waals surface area contributed by atoms with Crippen LogP contribution in [0.4, 0.5) is 5.82 Å². The van der Waals surface area contributed by atoms with Crippen LogP contribution in [0.3, 0.4) is 0 Å². The van der Waals surface area contributed by atoms with Gasteiger partial charge >= 0.3 is 5.97 Å². The lowest BCUT2D eigenvalue weighted by Crippen LogP contribution is -2.10. The molecule has 0 atom stereocenters. The lowest BCUT2D eigenvalue weighted by Gasteiger charge is -2.19. The van der Waals surface area contributed by atoms with E-state index in [4.69, 9.17) is 15.1 Å². The van der Waals surface area contributed by atoms with Crippen LogP contribution in [0.15, 0.2) is 48.5 Å². The molecule has 152 valence electrons. The number of unbranched alkanes of at least 4 members (excludes halogenated alkanes) is 2. The van der Waals surface area contributed by atoms with Crippen molar-refractivity contribution in [3.05, 3.63) is 54.1 Å². The van der Waals surface area contributed by atoms with E-state index in [9.17, 15) is 4.79 Å². The maximum absolute atomic E-state index is 10.6. The number of para-hydroxylation sites is 1. The molecule has 3 rings (SSSR count). The van der Waals surface area contributed by atoms with Gasteiger partial charge in [-0.2, -0.15) is 0 Å². The van der Waals surface area contributed by atoms with Crippen LogP contribution in [0.1, 0.15) is 52.0 Å². The number of aliphatic carboxylic acids is 1. The van der Waals surface area contributed by atoms with E-state index < -0.39 is 5.97 Å². The molecule has 29 heavy (non-hydrogen) atoms. The summed E-state index contributed by atoms with van der Waals surface area (Å²) in [6, 6.07) is 16.4. The Bertz CT molecular complexity index is 976. The minimum atomic E-state index is -0.734. The highest BCUT2D eigenvalue weighted by atomic mass is 16.4. The van der Waals surface area contributed by atoms with Gasteiger partial charge in [0.15, 0.2) is 5.82 Å². The monoisotopic (exact) mass is 391 g/mol. The average molecular weight is 392 g/mol. The molecule has 5 heteroatoms. The Morgan fingerprint density at radius 2 is 1.69 bits per heavy atom. The molecular formula is C24H29N3O2. The molecule has 0 bridgehead atoms. The number of benzene rings is 2. The van der Waals surface area contributed by atoms with Crippen molar-refractivity contribution in [2.45, 2.75) is 51.9 Å². The van der Waals surface area contributed by atoms with E-state index in [-0.39, 0.29) is 11.8 Å². The van der Waals surface area contributed by atoms with Crippen molar-refractivity contribution in [1.29, 1.82) is 0 Å². The zero-order chi connectivity index (χ0) is 20.9. The maximum Gasteiger partial charge on any atom is 0.303 e. The first-order valence-electron chi connectivity index (χ1n) is 10.2. The topological polar surface area (TPSA) is 75.1 Å². The SMILES string of the molecule is CC(C)(C)c1ccc(-c2nc(NCCCCCC(=O)O)c3ccccc3n2)cc1. The third kappa shape index (κ3) is 5.53. The van der Waals surface area contributed by atoms with Gasteiger partial charge in [-0.1, -0.05) is 63.6 Å². The van der Waals surface area contributed by atoms with E-state index in [0.29, 0.717) is 12.2 Å². The molecule has 0 saturated heterocycles. The number of nitrogens with zero attached hydrogens (tertiary/aromatic N) is 2. The van der Waals surface area contributed by atoms with Crippen molar-refractivity contribution in [2.24, 2.45) is 0 Å². The minimum Gasteiger partial charge on any atom is -0.481 e. The summed E-state index contributed by atoms with van der Waals surface area (Å²) in [6.07, 6.45) is 2.71. The third-order valence-corrected chi connectivity index (χ3v) is 4.97. The Balaban J connectivity index is 1.80. The molecule has 0 aliphatic heterocycles. The van der Waals surface area contributed by atoms with Crippen molar-refractivity contribution >= 4 is 22.7 Å².